The summed E-state index contributed by atoms with van der Waals surface area (Å²) in [7, 11) is 0. The molecule has 0 aliphatic carbocycles. The highest BCUT2D eigenvalue weighted by Gasteiger charge is 2.26. The van der Waals surface area contributed by atoms with E-state index in [0.717, 1.165) is 31.2 Å². The number of hydrogen-bond donors (Lipinski definition) is 0. The minimum atomic E-state index is 0.0646. The number of rotatable bonds is 10. The number of carbonyl (C=O) groups is 1. The smallest absolute Gasteiger partial charge is 0.226 e. The standard InChI is InChI=1S/C25H33NO/c1-4-6-17-23(5-2)25(27)26(21(3)24-18-11-8-12-19-24)20-13-16-22-14-9-7-10-15-22/h7-16,18-19,21,23H,4-6,17,20H2,1-3H3/b16-13+. The first-order valence-electron chi connectivity index (χ1n) is 10.2. The molecule has 0 aliphatic rings. The molecule has 2 unspecified atom stereocenters. The molecule has 0 aliphatic heterocycles. The molecule has 0 fully saturated rings. The molecule has 2 aromatic carbocycles. The molecule has 2 nitrogen and oxygen atoms in total. The Morgan fingerprint density at radius 2 is 1.63 bits per heavy atom. The fraction of sp³-hybridized carbons (Fsp3) is 0.400. The molecule has 0 N–H and O–H groups in total. The zero-order chi connectivity index (χ0) is 19.5. The molecule has 0 bridgehead atoms. The third-order valence-corrected chi connectivity index (χ3v) is 5.19. The third-order valence-electron chi connectivity index (χ3n) is 5.19. The van der Waals surface area contributed by atoms with Crippen molar-refractivity contribution in [3.63, 3.8) is 0 Å². The lowest BCUT2D eigenvalue weighted by Gasteiger charge is -2.32. The number of carbonyl (C=O) groups excluding carboxylic acids is 1. The molecule has 1 amide bonds. The van der Waals surface area contributed by atoms with Gasteiger partial charge in [0.2, 0.25) is 5.91 Å². The van der Waals surface area contributed by atoms with Gasteiger partial charge in [0.15, 0.2) is 0 Å². The van der Waals surface area contributed by atoms with E-state index in [9.17, 15) is 4.79 Å². The van der Waals surface area contributed by atoms with Crippen LogP contribution in [0.1, 0.15) is 63.6 Å². The Balaban J connectivity index is 2.19. The molecule has 0 saturated carbocycles. The molecule has 0 saturated heterocycles. The maximum absolute atomic E-state index is 13.3. The molecular weight excluding hydrogens is 330 g/mol. The van der Waals surface area contributed by atoms with Crippen LogP contribution in [0.15, 0.2) is 66.7 Å². The van der Waals surface area contributed by atoms with Gasteiger partial charge in [0, 0.05) is 12.5 Å². The van der Waals surface area contributed by atoms with Crippen LogP contribution in [0, 0.1) is 5.92 Å². The molecule has 0 aromatic heterocycles. The second-order valence-corrected chi connectivity index (χ2v) is 7.14. The van der Waals surface area contributed by atoms with Crippen LogP contribution in [0.5, 0.6) is 0 Å². The molecule has 0 heterocycles. The summed E-state index contributed by atoms with van der Waals surface area (Å²) in [5, 5.41) is 0. The van der Waals surface area contributed by atoms with Gasteiger partial charge >= 0.3 is 0 Å². The van der Waals surface area contributed by atoms with Gasteiger partial charge in [0.05, 0.1) is 6.04 Å². The second-order valence-electron chi connectivity index (χ2n) is 7.14. The molecule has 0 radical (unpaired) electrons. The van der Waals surface area contributed by atoms with Crippen molar-refractivity contribution in [2.75, 3.05) is 6.54 Å². The van der Waals surface area contributed by atoms with Gasteiger partial charge in [-0.25, -0.2) is 0 Å². The first kappa shape index (κ1) is 21.0. The summed E-state index contributed by atoms with van der Waals surface area (Å²) >= 11 is 0. The lowest BCUT2D eigenvalue weighted by Crippen LogP contribution is -2.38. The van der Waals surface area contributed by atoms with Gasteiger partial charge in [-0.05, 0) is 30.9 Å². The molecule has 2 atom stereocenters. The number of hydrogen-bond acceptors (Lipinski definition) is 1. The first-order valence-corrected chi connectivity index (χ1v) is 10.2. The van der Waals surface area contributed by atoms with Crippen molar-refractivity contribution >= 4 is 12.0 Å². The highest BCUT2D eigenvalue weighted by Crippen LogP contribution is 2.25. The molecule has 0 spiro atoms. The van der Waals surface area contributed by atoms with Crippen LogP contribution < -0.4 is 0 Å². The Bertz CT molecular complexity index is 693. The van der Waals surface area contributed by atoms with Gasteiger partial charge in [-0.2, -0.15) is 0 Å². The topological polar surface area (TPSA) is 20.3 Å². The summed E-state index contributed by atoms with van der Waals surface area (Å²) in [5.41, 5.74) is 2.35. The fourth-order valence-corrected chi connectivity index (χ4v) is 3.40. The van der Waals surface area contributed by atoms with E-state index in [1.807, 2.05) is 41.3 Å². The molecule has 2 rings (SSSR count). The quantitative estimate of drug-likeness (QED) is 0.471. The van der Waals surface area contributed by atoms with E-state index >= 15 is 0 Å². The maximum Gasteiger partial charge on any atom is 0.226 e. The van der Waals surface area contributed by atoms with Gasteiger partial charge in [0.25, 0.3) is 0 Å². The van der Waals surface area contributed by atoms with E-state index in [-0.39, 0.29) is 17.9 Å². The van der Waals surface area contributed by atoms with Crippen LogP contribution in [-0.4, -0.2) is 17.4 Å². The van der Waals surface area contributed by atoms with E-state index in [1.165, 1.54) is 5.56 Å². The first-order chi connectivity index (χ1) is 13.2. The largest absolute Gasteiger partial charge is 0.332 e. The van der Waals surface area contributed by atoms with Gasteiger partial charge in [0.1, 0.15) is 0 Å². The third kappa shape index (κ3) is 6.39. The Morgan fingerprint density at radius 1 is 1.00 bits per heavy atom. The summed E-state index contributed by atoms with van der Waals surface area (Å²) in [6.45, 7) is 7.08. The molecule has 2 aromatic rings. The lowest BCUT2D eigenvalue weighted by molar-refractivity contribution is -0.137. The van der Waals surface area contributed by atoms with Crippen molar-refractivity contribution in [2.45, 2.75) is 52.5 Å². The zero-order valence-corrected chi connectivity index (χ0v) is 17.0. The normalized spacial score (nSPS) is 13.4. The van der Waals surface area contributed by atoms with Crippen LogP contribution >= 0.6 is 0 Å². The van der Waals surface area contributed by atoms with Crippen LogP contribution in [0.25, 0.3) is 6.08 Å². The monoisotopic (exact) mass is 363 g/mol. The van der Waals surface area contributed by atoms with Crippen molar-refractivity contribution in [2.24, 2.45) is 5.92 Å². The highest BCUT2D eigenvalue weighted by atomic mass is 16.2. The Hall–Kier alpha value is -2.35. The van der Waals surface area contributed by atoms with Gasteiger partial charge in [-0.15, -0.1) is 0 Å². The molecule has 27 heavy (non-hydrogen) atoms. The van der Waals surface area contributed by atoms with Gasteiger partial charge in [-0.3, -0.25) is 4.79 Å². The maximum atomic E-state index is 13.3. The van der Waals surface area contributed by atoms with Crippen LogP contribution in [0.2, 0.25) is 0 Å². The minimum absolute atomic E-state index is 0.0646. The van der Waals surface area contributed by atoms with Crippen LogP contribution in [0.4, 0.5) is 0 Å². The Labute approximate surface area is 164 Å². The highest BCUT2D eigenvalue weighted by molar-refractivity contribution is 5.79. The van der Waals surface area contributed by atoms with Crippen molar-refractivity contribution in [1.29, 1.82) is 0 Å². The van der Waals surface area contributed by atoms with Crippen molar-refractivity contribution in [3.8, 4) is 0 Å². The van der Waals surface area contributed by atoms with Crippen molar-refractivity contribution < 1.29 is 4.79 Å². The SMILES string of the molecule is CCCCC(CC)C(=O)N(C/C=C/c1ccccc1)C(C)c1ccccc1. The van der Waals surface area contributed by atoms with E-state index in [2.05, 4.69) is 57.2 Å². The predicted octanol–water partition coefficient (Wildman–Crippen LogP) is 6.51. The summed E-state index contributed by atoms with van der Waals surface area (Å²) in [4.78, 5) is 15.4. The summed E-state index contributed by atoms with van der Waals surface area (Å²) in [6, 6.07) is 20.6. The van der Waals surface area contributed by atoms with Crippen molar-refractivity contribution in [3.05, 3.63) is 77.9 Å². The van der Waals surface area contributed by atoms with Crippen molar-refractivity contribution in [1.82, 2.24) is 4.90 Å². The average molecular weight is 364 g/mol. The summed E-state index contributed by atoms with van der Waals surface area (Å²) < 4.78 is 0. The van der Waals surface area contributed by atoms with E-state index in [4.69, 9.17) is 0 Å². The van der Waals surface area contributed by atoms with E-state index < -0.39 is 0 Å². The van der Waals surface area contributed by atoms with E-state index in [0.29, 0.717) is 6.54 Å². The summed E-state index contributed by atoms with van der Waals surface area (Å²) in [5.74, 6) is 0.390. The average Bonchev–Trinajstić information content (AvgIpc) is 2.72. The van der Waals surface area contributed by atoms with Gasteiger partial charge in [-0.1, -0.05) is 99.5 Å². The number of amides is 1. The van der Waals surface area contributed by atoms with Gasteiger partial charge < -0.3 is 4.90 Å². The molecular formula is C25H33NO. The fourth-order valence-electron chi connectivity index (χ4n) is 3.40. The second kappa shape index (κ2) is 11.4. The Morgan fingerprint density at radius 3 is 2.22 bits per heavy atom. The van der Waals surface area contributed by atoms with Crippen LogP contribution in [0.3, 0.4) is 0 Å². The predicted molar refractivity (Wildman–Crippen MR) is 115 cm³/mol. The molecule has 2 heteroatoms. The minimum Gasteiger partial charge on any atom is -0.332 e. The summed E-state index contributed by atoms with van der Waals surface area (Å²) in [6.07, 6.45) is 8.33. The Kier molecular flexibility index (Phi) is 8.83. The number of unbranched alkanes of at least 4 members (excludes halogenated alkanes) is 1. The van der Waals surface area contributed by atoms with E-state index in [1.54, 1.807) is 0 Å². The number of benzene rings is 2. The number of nitrogens with zero attached hydrogens (tertiary/aromatic N) is 1. The zero-order valence-electron chi connectivity index (χ0n) is 17.0. The molecule has 144 valence electrons. The lowest BCUT2D eigenvalue weighted by atomic mass is 9.96. The van der Waals surface area contributed by atoms with Crippen LogP contribution in [-0.2, 0) is 4.79 Å².